The molecule has 6 unspecified atom stereocenters. The number of likely N-dealkylation sites (N-methyl/N-ethyl adjacent to an activating group) is 2. The number of carbonyl (C=O) groups excluding carboxylic acids is 3. The van der Waals surface area contributed by atoms with Crippen molar-refractivity contribution in [3.63, 3.8) is 0 Å². The van der Waals surface area contributed by atoms with Gasteiger partial charge < -0.3 is 36.4 Å². The summed E-state index contributed by atoms with van der Waals surface area (Å²) >= 11 is 0. The van der Waals surface area contributed by atoms with E-state index in [1.165, 1.54) is 33.4 Å². The van der Waals surface area contributed by atoms with Crippen LogP contribution in [-0.4, -0.2) is 145 Å². The average Bonchev–Trinajstić information content (AvgIpc) is 3.86. The van der Waals surface area contributed by atoms with Gasteiger partial charge in [-0.15, -0.1) is 0 Å². The van der Waals surface area contributed by atoms with Gasteiger partial charge >= 0.3 is 0 Å². The van der Waals surface area contributed by atoms with E-state index in [2.05, 4.69) is 190 Å². The van der Waals surface area contributed by atoms with Crippen molar-refractivity contribution in [2.45, 2.75) is 98.9 Å². The molecule has 12 heteroatoms. The first-order chi connectivity index (χ1) is 36.7. The molecule has 0 spiro atoms. The van der Waals surface area contributed by atoms with E-state index < -0.39 is 23.8 Å². The normalized spacial score (nSPS) is 18.1. The lowest BCUT2D eigenvalue weighted by atomic mass is 9.78. The van der Waals surface area contributed by atoms with E-state index in [0.717, 1.165) is 101 Å². The summed E-state index contributed by atoms with van der Waals surface area (Å²) in [6.07, 6.45) is 1.06. The lowest BCUT2D eigenvalue weighted by Gasteiger charge is -2.42. The monoisotopic (exact) mass is 1030 g/mol. The number of carbonyl (C=O) groups is 3. The maximum absolute atomic E-state index is 14.5. The highest BCUT2D eigenvalue weighted by Gasteiger charge is 2.44. The maximum atomic E-state index is 14.5. The molecule has 3 heterocycles. The Morgan fingerprint density at radius 2 is 0.934 bits per heavy atom. The zero-order valence-corrected chi connectivity index (χ0v) is 47.1. The Balaban J connectivity index is 0.000000233. The van der Waals surface area contributed by atoms with Crippen LogP contribution in [0.2, 0.25) is 0 Å². The fourth-order valence-electron chi connectivity index (χ4n) is 11.5. The molecular formula is C64H89N9O3. The van der Waals surface area contributed by atoms with E-state index in [1.807, 2.05) is 21.9 Å². The summed E-state index contributed by atoms with van der Waals surface area (Å²) in [6, 6.07) is 42.4. The van der Waals surface area contributed by atoms with Crippen molar-refractivity contribution in [3.05, 3.63) is 177 Å². The van der Waals surface area contributed by atoms with Crippen molar-refractivity contribution in [3.8, 4) is 0 Å². The van der Waals surface area contributed by atoms with Crippen LogP contribution in [0, 0.1) is 39.5 Å². The molecule has 12 nitrogen and oxygen atoms in total. The molecule has 0 saturated carbocycles. The van der Waals surface area contributed by atoms with Crippen molar-refractivity contribution < 1.29 is 14.4 Å². The smallest absolute Gasteiger partial charge is 0.239 e. The summed E-state index contributed by atoms with van der Waals surface area (Å²) in [5, 5.41) is 3.53. The van der Waals surface area contributed by atoms with Gasteiger partial charge in [-0.3, -0.25) is 24.2 Å². The highest BCUT2D eigenvalue weighted by molar-refractivity contribution is 5.88. The van der Waals surface area contributed by atoms with Gasteiger partial charge in [-0.2, -0.15) is 0 Å². The third-order valence-corrected chi connectivity index (χ3v) is 16.5. The average molecular weight is 1030 g/mol. The number of nitrogens with two attached hydrogens (primary N) is 2. The molecule has 0 radical (unpaired) electrons. The lowest BCUT2D eigenvalue weighted by molar-refractivity contribution is -0.144. The van der Waals surface area contributed by atoms with Gasteiger partial charge in [0, 0.05) is 90.1 Å². The number of benzene rings is 5. The topological polar surface area (TPSA) is 135 Å². The number of aryl methyl sites for hydroxylation is 4. The standard InChI is InChI=1S/C37H49N5O2.C27H40N4O/c1-5-40(6-2)25-33(29-17-13-27(4)14-18-29)41-19-21-42(22-20-41)37(44)32(23-28-15-11-26(3)12-16-28)34(36(38)43)35-31-10-8-7-9-30(31)24-39-35;1-5-29(6-2)20-26(24-13-9-22(4)10-14-24)30-15-17-31(18-16-30)27(32)25(28)19-23-11-7-21(3)8-12-23/h7-18,32-35,39H,5-6,19-25H2,1-4H3,(H2,38,43);7-14,25-26H,5-6,15-20,28H2,1-4H3. The first-order valence-corrected chi connectivity index (χ1v) is 28.3. The molecule has 3 aliphatic heterocycles. The summed E-state index contributed by atoms with van der Waals surface area (Å²) < 4.78 is 0. The molecule has 76 heavy (non-hydrogen) atoms. The van der Waals surface area contributed by atoms with Gasteiger partial charge in [-0.1, -0.05) is 171 Å². The minimum Gasteiger partial charge on any atom is -0.369 e. The number of hydrogen-bond donors (Lipinski definition) is 3. The van der Waals surface area contributed by atoms with Crippen molar-refractivity contribution >= 4 is 17.7 Å². The van der Waals surface area contributed by atoms with Gasteiger partial charge in [-0.05, 0) is 100 Å². The molecule has 8 rings (SSSR count). The third-order valence-electron chi connectivity index (χ3n) is 16.5. The zero-order chi connectivity index (χ0) is 54.3. The number of fused-ring (bicyclic) bond motifs is 1. The van der Waals surface area contributed by atoms with E-state index in [4.69, 9.17) is 11.5 Å². The second kappa shape index (κ2) is 28.1. The van der Waals surface area contributed by atoms with Crippen LogP contribution in [0.4, 0.5) is 0 Å². The van der Waals surface area contributed by atoms with Gasteiger partial charge in [0.05, 0.1) is 17.9 Å². The highest BCUT2D eigenvalue weighted by atomic mass is 16.2. The van der Waals surface area contributed by atoms with Gasteiger partial charge in [-0.25, -0.2) is 0 Å². The molecule has 408 valence electrons. The van der Waals surface area contributed by atoms with Gasteiger partial charge in [0.1, 0.15) is 0 Å². The van der Waals surface area contributed by atoms with Gasteiger partial charge in [0.25, 0.3) is 0 Å². The fourth-order valence-corrected chi connectivity index (χ4v) is 11.5. The molecule has 0 aliphatic carbocycles. The van der Waals surface area contributed by atoms with Crippen molar-refractivity contribution in [2.24, 2.45) is 23.3 Å². The number of amides is 3. The Morgan fingerprint density at radius 1 is 0.539 bits per heavy atom. The van der Waals surface area contributed by atoms with Crippen molar-refractivity contribution in [2.75, 3.05) is 91.6 Å². The fraction of sp³-hybridized carbons (Fsp3) is 0.484. The highest BCUT2D eigenvalue weighted by Crippen LogP contribution is 2.38. The molecule has 5 aromatic carbocycles. The Bertz CT molecular complexity index is 2580. The second-order valence-corrected chi connectivity index (χ2v) is 21.6. The predicted octanol–water partition coefficient (Wildman–Crippen LogP) is 8.04. The van der Waals surface area contributed by atoms with E-state index in [9.17, 15) is 14.4 Å². The summed E-state index contributed by atoms with van der Waals surface area (Å²) in [4.78, 5) is 54.7. The molecule has 5 N–H and O–H groups in total. The summed E-state index contributed by atoms with van der Waals surface area (Å²) in [5.74, 6) is -1.55. The summed E-state index contributed by atoms with van der Waals surface area (Å²) in [5.41, 5.74) is 24.5. The van der Waals surface area contributed by atoms with E-state index in [-0.39, 0.29) is 23.9 Å². The van der Waals surface area contributed by atoms with Gasteiger partial charge in [0.2, 0.25) is 17.7 Å². The molecule has 6 atom stereocenters. The van der Waals surface area contributed by atoms with Crippen molar-refractivity contribution in [1.29, 1.82) is 0 Å². The van der Waals surface area contributed by atoms with Crippen LogP contribution in [0.5, 0.6) is 0 Å². The van der Waals surface area contributed by atoms with Crippen molar-refractivity contribution in [1.82, 2.24) is 34.7 Å². The number of primary amides is 1. The number of hydrogen-bond acceptors (Lipinski definition) is 9. The van der Waals surface area contributed by atoms with E-state index in [0.29, 0.717) is 38.5 Å². The summed E-state index contributed by atoms with van der Waals surface area (Å²) in [7, 11) is 0. The molecule has 3 amide bonds. The number of rotatable bonds is 21. The molecular weight excluding hydrogens is 943 g/mol. The number of nitrogens with one attached hydrogen (secondary N) is 1. The number of piperazine rings is 2. The van der Waals surface area contributed by atoms with Crippen LogP contribution in [0.15, 0.2) is 121 Å². The minimum absolute atomic E-state index is 0.0239. The quantitative estimate of drug-likeness (QED) is 0.0668. The minimum atomic E-state index is -0.659. The first kappa shape index (κ1) is 58.0. The third kappa shape index (κ3) is 15.3. The molecule has 0 aromatic heterocycles. The van der Waals surface area contributed by atoms with Gasteiger partial charge in [0.15, 0.2) is 0 Å². The Hall–Kier alpha value is -5.73. The molecule has 2 saturated heterocycles. The lowest BCUT2D eigenvalue weighted by Crippen LogP contribution is -2.55. The molecule has 5 aromatic rings. The Kier molecular flexibility index (Phi) is 21.4. The SMILES string of the molecule is CCN(CC)CC(c1ccc(C)cc1)N1CCN(C(=O)C(Cc2ccc(C)cc2)C(C(N)=O)C2NCc3ccccc32)CC1.CCN(CC)CC(c1ccc(C)cc1)N1CCN(C(=O)C(N)Cc2ccc(C)cc2)CC1. The van der Waals surface area contributed by atoms with Crippen LogP contribution in [0.25, 0.3) is 0 Å². The molecule has 0 bridgehead atoms. The molecule has 3 aliphatic rings. The zero-order valence-electron chi connectivity index (χ0n) is 47.1. The Morgan fingerprint density at radius 3 is 1.36 bits per heavy atom. The first-order valence-electron chi connectivity index (χ1n) is 28.3. The molecule has 2 fully saturated rings. The van der Waals surface area contributed by atoms with E-state index >= 15 is 0 Å². The van der Waals surface area contributed by atoms with Crippen LogP contribution in [-0.2, 0) is 33.8 Å². The van der Waals surface area contributed by atoms with Crippen LogP contribution in [0.1, 0.15) is 101 Å². The Labute approximate surface area is 455 Å². The van der Waals surface area contributed by atoms with Crippen LogP contribution >= 0.6 is 0 Å². The predicted molar refractivity (Wildman–Crippen MR) is 310 cm³/mol. The van der Waals surface area contributed by atoms with Crippen LogP contribution in [0.3, 0.4) is 0 Å². The summed E-state index contributed by atoms with van der Waals surface area (Å²) in [6.45, 7) is 30.1. The van der Waals surface area contributed by atoms with Crippen LogP contribution < -0.4 is 16.8 Å². The number of nitrogens with zero attached hydrogens (tertiary/aromatic N) is 6. The maximum Gasteiger partial charge on any atom is 0.239 e. The second-order valence-electron chi connectivity index (χ2n) is 21.6. The largest absolute Gasteiger partial charge is 0.369 e. The van der Waals surface area contributed by atoms with E-state index in [1.54, 1.807) is 0 Å².